The van der Waals surface area contributed by atoms with E-state index in [1.165, 1.54) is 19.0 Å². The number of carbonyl (C=O) groups excluding carboxylic acids is 1. The first-order valence-corrected chi connectivity index (χ1v) is 5.01. The summed E-state index contributed by atoms with van der Waals surface area (Å²) in [6.07, 6.45) is 4.52. The molecule has 0 spiro atoms. The maximum atomic E-state index is 10.6. The normalized spacial score (nSPS) is 15.8. The molecule has 4 heteroatoms. The highest BCUT2D eigenvalue weighted by Crippen LogP contribution is 2.44. The summed E-state index contributed by atoms with van der Waals surface area (Å²) >= 11 is 0. The Hall–Kier alpha value is -1.71. The van der Waals surface area contributed by atoms with Crippen molar-refractivity contribution in [3.05, 3.63) is 23.2 Å². The van der Waals surface area contributed by atoms with Crippen LogP contribution in [0.1, 0.15) is 40.6 Å². The van der Waals surface area contributed by atoms with Crippen LogP contribution in [0.2, 0.25) is 0 Å². The number of hydrogen-bond donors (Lipinski definition) is 0. The van der Waals surface area contributed by atoms with Crippen molar-refractivity contribution in [1.29, 1.82) is 0 Å². The first kappa shape index (κ1) is 8.59. The highest BCUT2D eigenvalue weighted by atomic mass is 16.3. The van der Waals surface area contributed by atoms with E-state index in [0.717, 1.165) is 16.8 Å². The van der Waals surface area contributed by atoms with Crippen molar-refractivity contribution in [1.82, 2.24) is 9.97 Å². The summed E-state index contributed by atoms with van der Waals surface area (Å²) in [6, 6.07) is 0. The van der Waals surface area contributed by atoms with Crippen molar-refractivity contribution < 1.29 is 9.21 Å². The van der Waals surface area contributed by atoms with Crippen LogP contribution in [0.3, 0.4) is 0 Å². The lowest BCUT2D eigenvalue weighted by Crippen LogP contribution is -1.90. The number of carbonyl (C=O) groups is 1. The molecule has 0 saturated heterocycles. The van der Waals surface area contributed by atoms with Crippen molar-refractivity contribution in [3.8, 4) is 0 Å². The van der Waals surface area contributed by atoms with Crippen LogP contribution in [0.4, 0.5) is 0 Å². The number of fused-ring (bicyclic) bond motifs is 1. The topological polar surface area (TPSA) is 56.0 Å². The molecule has 15 heavy (non-hydrogen) atoms. The van der Waals surface area contributed by atoms with Gasteiger partial charge in [-0.25, -0.2) is 9.97 Å². The maximum Gasteiger partial charge on any atom is 0.245 e. The highest BCUT2D eigenvalue weighted by Gasteiger charge is 2.30. The van der Waals surface area contributed by atoms with Gasteiger partial charge in [-0.2, -0.15) is 0 Å². The Morgan fingerprint density at radius 3 is 3.00 bits per heavy atom. The van der Waals surface area contributed by atoms with Crippen LogP contribution < -0.4 is 0 Å². The Balaban J connectivity index is 2.30. The average molecular weight is 202 g/mol. The zero-order valence-corrected chi connectivity index (χ0v) is 8.36. The quantitative estimate of drug-likeness (QED) is 0.700. The van der Waals surface area contributed by atoms with Crippen LogP contribution in [0, 0.1) is 6.92 Å². The van der Waals surface area contributed by atoms with Crippen molar-refractivity contribution in [2.24, 2.45) is 0 Å². The first-order valence-electron chi connectivity index (χ1n) is 5.01. The Labute approximate surface area is 86.3 Å². The lowest BCUT2D eigenvalue weighted by molar-refractivity contribution is 0.111. The maximum absolute atomic E-state index is 10.6. The minimum atomic E-state index is 0.366. The summed E-state index contributed by atoms with van der Waals surface area (Å²) in [4.78, 5) is 19.0. The molecule has 0 aliphatic heterocycles. The van der Waals surface area contributed by atoms with Crippen molar-refractivity contribution >= 4 is 17.5 Å². The van der Waals surface area contributed by atoms with E-state index < -0.39 is 0 Å². The average Bonchev–Trinajstić information content (AvgIpc) is 3.00. The van der Waals surface area contributed by atoms with Crippen molar-refractivity contribution in [2.45, 2.75) is 25.7 Å². The second-order valence-electron chi connectivity index (χ2n) is 3.91. The fourth-order valence-electron chi connectivity index (χ4n) is 1.92. The van der Waals surface area contributed by atoms with Crippen LogP contribution in [0.15, 0.2) is 10.6 Å². The van der Waals surface area contributed by atoms with Gasteiger partial charge in [0.1, 0.15) is 17.0 Å². The van der Waals surface area contributed by atoms with Gasteiger partial charge in [0.2, 0.25) is 5.71 Å². The van der Waals surface area contributed by atoms with Gasteiger partial charge in [0, 0.05) is 5.56 Å². The summed E-state index contributed by atoms with van der Waals surface area (Å²) in [5, 5.41) is 0. The SMILES string of the molecule is Cc1oc2ncc(C=O)nc2c1C1CC1. The standard InChI is InChI=1S/C11H10N2O2/c1-6-9(7-2-3-7)10-11(15-6)12-4-8(5-14)13-10/h4-5,7H,2-3H2,1H3. The molecule has 4 nitrogen and oxygen atoms in total. The second-order valence-corrected chi connectivity index (χ2v) is 3.91. The fraction of sp³-hybridized carbons (Fsp3) is 0.364. The third-order valence-corrected chi connectivity index (χ3v) is 2.75. The summed E-state index contributed by atoms with van der Waals surface area (Å²) in [7, 11) is 0. The van der Waals surface area contributed by atoms with E-state index in [0.29, 0.717) is 23.6 Å². The van der Waals surface area contributed by atoms with E-state index in [1.807, 2.05) is 6.92 Å². The number of hydrogen-bond acceptors (Lipinski definition) is 4. The van der Waals surface area contributed by atoms with Crippen LogP contribution in [0.25, 0.3) is 11.2 Å². The Morgan fingerprint density at radius 2 is 2.33 bits per heavy atom. The molecule has 2 heterocycles. The molecule has 1 aliphatic carbocycles. The van der Waals surface area contributed by atoms with Gasteiger partial charge in [-0.05, 0) is 25.7 Å². The van der Waals surface area contributed by atoms with Crippen LogP contribution in [-0.4, -0.2) is 16.3 Å². The van der Waals surface area contributed by atoms with Gasteiger partial charge in [0.15, 0.2) is 6.29 Å². The molecule has 0 atom stereocenters. The molecule has 0 radical (unpaired) electrons. The molecular formula is C11H10N2O2. The molecule has 0 bridgehead atoms. The van der Waals surface area contributed by atoms with E-state index in [2.05, 4.69) is 9.97 Å². The molecule has 0 unspecified atom stereocenters. The lowest BCUT2D eigenvalue weighted by Gasteiger charge is -1.94. The van der Waals surface area contributed by atoms with E-state index in [9.17, 15) is 4.79 Å². The predicted molar refractivity (Wildman–Crippen MR) is 53.9 cm³/mol. The number of aldehydes is 1. The minimum absolute atomic E-state index is 0.366. The minimum Gasteiger partial charge on any atom is -0.441 e. The largest absolute Gasteiger partial charge is 0.441 e. The van der Waals surface area contributed by atoms with E-state index in [1.54, 1.807) is 0 Å². The van der Waals surface area contributed by atoms with Crippen molar-refractivity contribution in [3.63, 3.8) is 0 Å². The smallest absolute Gasteiger partial charge is 0.245 e. The number of furan rings is 1. The van der Waals surface area contributed by atoms with Gasteiger partial charge in [-0.15, -0.1) is 0 Å². The van der Waals surface area contributed by atoms with Crippen LogP contribution >= 0.6 is 0 Å². The van der Waals surface area contributed by atoms with Crippen LogP contribution in [0.5, 0.6) is 0 Å². The highest BCUT2D eigenvalue weighted by molar-refractivity contribution is 5.80. The van der Waals surface area contributed by atoms with Gasteiger partial charge in [0.25, 0.3) is 0 Å². The van der Waals surface area contributed by atoms with Crippen LogP contribution in [-0.2, 0) is 0 Å². The van der Waals surface area contributed by atoms with Gasteiger partial charge >= 0.3 is 0 Å². The molecule has 2 aromatic heterocycles. The zero-order chi connectivity index (χ0) is 10.4. The molecule has 1 fully saturated rings. The lowest BCUT2D eigenvalue weighted by atomic mass is 10.1. The number of aromatic nitrogens is 2. The molecule has 2 aromatic rings. The van der Waals surface area contributed by atoms with Gasteiger partial charge in [-0.3, -0.25) is 4.79 Å². The third kappa shape index (κ3) is 1.25. The Bertz CT molecular complexity index is 541. The molecule has 0 aromatic carbocycles. The summed E-state index contributed by atoms with van der Waals surface area (Å²) in [6.45, 7) is 1.93. The molecular weight excluding hydrogens is 192 g/mol. The number of nitrogens with zero attached hydrogens (tertiary/aromatic N) is 2. The monoisotopic (exact) mass is 202 g/mol. The van der Waals surface area contributed by atoms with Gasteiger partial charge < -0.3 is 4.42 Å². The molecule has 0 N–H and O–H groups in total. The predicted octanol–water partition coefficient (Wildman–Crippen LogP) is 2.22. The van der Waals surface area contributed by atoms with Gasteiger partial charge in [0.05, 0.1) is 6.20 Å². The van der Waals surface area contributed by atoms with E-state index in [4.69, 9.17) is 4.42 Å². The number of aryl methyl sites for hydroxylation is 1. The summed E-state index contributed by atoms with van der Waals surface area (Å²) in [5.74, 6) is 1.44. The second kappa shape index (κ2) is 2.89. The van der Waals surface area contributed by atoms with E-state index >= 15 is 0 Å². The molecule has 1 saturated carbocycles. The Morgan fingerprint density at radius 1 is 1.53 bits per heavy atom. The summed E-state index contributed by atoms with van der Waals surface area (Å²) in [5.41, 5.74) is 2.81. The van der Waals surface area contributed by atoms with E-state index in [-0.39, 0.29) is 0 Å². The van der Waals surface area contributed by atoms with Gasteiger partial charge in [-0.1, -0.05) is 0 Å². The zero-order valence-electron chi connectivity index (χ0n) is 8.36. The Kier molecular flexibility index (Phi) is 1.65. The number of rotatable bonds is 2. The van der Waals surface area contributed by atoms with Crippen molar-refractivity contribution in [2.75, 3.05) is 0 Å². The molecule has 76 valence electrons. The first-order chi connectivity index (χ1) is 7.29. The third-order valence-electron chi connectivity index (χ3n) is 2.75. The molecule has 1 aliphatic rings. The fourth-order valence-corrected chi connectivity index (χ4v) is 1.92. The molecule has 3 rings (SSSR count). The summed E-state index contributed by atoms with van der Waals surface area (Å²) < 4.78 is 5.51. The molecule has 0 amide bonds.